The average Bonchev–Trinajstić information content (AvgIpc) is 2.92. The van der Waals surface area contributed by atoms with Crippen LogP contribution in [0, 0.1) is 0 Å². The molecular formula is C14H14ClF2N5O. The van der Waals surface area contributed by atoms with Crippen molar-refractivity contribution in [1.82, 2.24) is 20.3 Å². The molecule has 1 aliphatic heterocycles. The quantitative estimate of drug-likeness (QED) is 0.799. The lowest BCUT2D eigenvalue weighted by Crippen LogP contribution is -2.34. The number of nitrogens with two attached hydrogens (primary N) is 1. The van der Waals surface area contributed by atoms with Crippen LogP contribution in [0.1, 0.15) is 28.4 Å². The highest BCUT2D eigenvalue weighted by Gasteiger charge is 2.27. The van der Waals surface area contributed by atoms with Gasteiger partial charge in [-0.2, -0.15) is 8.78 Å². The number of halogens is 3. The van der Waals surface area contributed by atoms with Crippen molar-refractivity contribution in [1.29, 1.82) is 0 Å². The lowest BCUT2D eigenvalue weighted by Gasteiger charge is -2.21. The van der Waals surface area contributed by atoms with Crippen molar-refractivity contribution < 1.29 is 13.6 Å². The van der Waals surface area contributed by atoms with Crippen molar-refractivity contribution in [3.05, 3.63) is 41.7 Å². The van der Waals surface area contributed by atoms with Gasteiger partial charge in [-0.25, -0.2) is 9.97 Å². The fourth-order valence-corrected chi connectivity index (χ4v) is 2.49. The standard InChI is InChI=1S/C14H13F2N5O.ClH/c15-11(16)2-1-7-6-19-13(22)8-5-10(20-12(7)8)9-3-4-18-14(17)21-9;/h2-5,7,20H,1,6H2,(H,19,22)(H2,17,18,21);1H. The molecule has 0 saturated carbocycles. The summed E-state index contributed by atoms with van der Waals surface area (Å²) in [5.74, 6) is -0.351. The molecule has 1 aliphatic rings. The van der Waals surface area contributed by atoms with E-state index >= 15 is 0 Å². The predicted octanol–water partition coefficient (Wildman–Crippen LogP) is 2.47. The molecule has 6 nitrogen and oxygen atoms in total. The minimum Gasteiger partial charge on any atom is -0.368 e. The van der Waals surface area contributed by atoms with E-state index in [9.17, 15) is 13.6 Å². The Kier molecular flexibility index (Phi) is 4.95. The number of anilines is 1. The summed E-state index contributed by atoms with van der Waals surface area (Å²) in [5.41, 5.74) is 7.77. The first-order valence-electron chi connectivity index (χ1n) is 6.65. The minimum absolute atomic E-state index is 0. The van der Waals surface area contributed by atoms with E-state index in [1.165, 1.54) is 6.20 Å². The monoisotopic (exact) mass is 341 g/mol. The number of aromatic amines is 1. The molecule has 9 heteroatoms. The van der Waals surface area contributed by atoms with Gasteiger partial charge >= 0.3 is 0 Å². The third kappa shape index (κ3) is 3.48. The average molecular weight is 342 g/mol. The zero-order valence-electron chi connectivity index (χ0n) is 11.8. The molecule has 0 aliphatic carbocycles. The zero-order valence-corrected chi connectivity index (χ0v) is 12.7. The maximum atomic E-state index is 12.3. The molecule has 2 aromatic rings. The summed E-state index contributed by atoms with van der Waals surface area (Å²) in [5, 5.41) is 2.70. The van der Waals surface area contributed by atoms with Gasteiger partial charge in [0.25, 0.3) is 12.0 Å². The molecule has 2 aromatic heterocycles. The molecule has 0 bridgehead atoms. The predicted molar refractivity (Wildman–Crippen MR) is 83.5 cm³/mol. The number of carbonyl (C=O) groups is 1. The van der Waals surface area contributed by atoms with Crippen molar-refractivity contribution in [3.8, 4) is 11.4 Å². The number of amides is 1. The maximum Gasteiger partial charge on any atom is 0.266 e. The number of fused-ring (bicyclic) bond motifs is 1. The molecule has 0 fully saturated rings. The molecule has 0 spiro atoms. The van der Waals surface area contributed by atoms with Crippen LogP contribution in [0.15, 0.2) is 30.5 Å². The second-order valence-electron chi connectivity index (χ2n) is 4.95. The highest BCUT2D eigenvalue weighted by atomic mass is 35.5. The van der Waals surface area contributed by atoms with Crippen LogP contribution >= 0.6 is 12.4 Å². The van der Waals surface area contributed by atoms with E-state index in [2.05, 4.69) is 20.3 Å². The van der Waals surface area contributed by atoms with Gasteiger partial charge in [0.15, 0.2) is 0 Å². The summed E-state index contributed by atoms with van der Waals surface area (Å²) in [4.78, 5) is 22.9. The highest BCUT2D eigenvalue weighted by molar-refractivity contribution is 5.98. The number of nitrogens with one attached hydrogen (secondary N) is 2. The second-order valence-corrected chi connectivity index (χ2v) is 4.95. The zero-order chi connectivity index (χ0) is 15.7. The van der Waals surface area contributed by atoms with Crippen LogP contribution in [0.2, 0.25) is 0 Å². The van der Waals surface area contributed by atoms with Crippen molar-refractivity contribution in [2.45, 2.75) is 12.3 Å². The molecule has 0 aromatic carbocycles. The van der Waals surface area contributed by atoms with Gasteiger partial charge in [-0.15, -0.1) is 12.4 Å². The van der Waals surface area contributed by atoms with E-state index in [1.54, 1.807) is 12.1 Å². The third-order valence-corrected chi connectivity index (χ3v) is 3.52. The topological polar surface area (TPSA) is 96.7 Å². The second kappa shape index (κ2) is 6.74. The van der Waals surface area contributed by atoms with Gasteiger partial charge in [-0.1, -0.05) is 0 Å². The molecule has 1 unspecified atom stereocenters. The van der Waals surface area contributed by atoms with Crippen LogP contribution < -0.4 is 11.1 Å². The Bertz CT molecular complexity index is 757. The molecule has 23 heavy (non-hydrogen) atoms. The Morgan fingerprint density at radius 1 is 1.48 bits per heavy atom. The highest BCUT2D eigenvalue weighted by Crippen LogP contribution is 2.30. The summed E-state index contributed by atoms with van der Waals surface area (Å²) in [7, 11) is 0. The Morgan fingerprint density at radius 2 is 2.26 bits per heavy atom. The minimum atomic E-state index is -1.73. The van der Waals surface area contributed by atoms with Crippen molar-refractivity contribution >= 4 is 24.3 Å². The first kappa shape index (κ1) is 16.9. The van der Waals surface area contributed by atoms with Gasteiger partial charge in [0.2, 0.25) is 5.95 Å². The Labute approximate surface area is 136 Å². The number of allylic oxidation sites excluding steroid dienone is 1. The molecule has 0 radical (unpaired) electrons. The Morgan fingerprint density at radius 3 is 2.96 bits per heavy atom. The van der Waals surface area contributed by atoms with Crippen molar-refractivity contribution in [3.63, 3.8) is 0 Å². The van der Waals surface area contributed by atoms with E-state index in [0.717, 1.165) is 6.08 Å². The summed E-state index contributed by atoms with van der Waals surface area (Å²) in [6.45, 7) is 0.307. The molecular weight excluding hydrogens is 328 g/mol. The van der Waals surface area contributed by atoms with Gasteiger partial charge < -0.3 is 16.0 Å². The number of H-pyrrole nitrogens is 1. The van der Waals surface area contributed by atoms with E-state index in [1.807, 2.05) is 0 Å². The molecule has 0 saturated heterocycles. The van der Waals surface area contributed by atoms with Gasteiger partial charge in [0.1, 0.15) is 0 Å². The number of hydrogen-bond acceptors (Lipinski definition) is 4. The smallest absolute Gasteiger partial charge is 0.266 e. The van der Waals surface area contributed by atoms with Gasteiger partial charge in [-0.3, -0.25) is 4.79 Å². The van der Waals surface area contributed by atoms with Crippen LogP contribution in [0.3, 0.4) is 0 Å². The van der Waals surface area contributed by atoms with Gasteiger partial charge in [0.05, 0.1) is 17.0 Å². The van der Waals surface area contributed by atoms with Crippen LogP contribution in [0.25, 0.3) is 11.4 Å². The normalized spacial score (nSPS) is 16.1. The molecule has 3 rings (SSSR count). The molecule has 3 heterocycles. The number of hydrogen-bond donors (Lipinski definition) is 3. The molecule has 4 N–H and O–H groups in total. The molecule has 122 valence electrons. The summed E-state index contributed by atoms with van der Waals surface area (Å²) >= 11 is 0. The fraction of sp³-hybridized carbons (Fsp3) is 0.214. The van der Waals surface area contributed by atoms with Crippen LogP contribution in [-0.4, -0.2) is 27.4 Å². The van der Waals surface area contributed by atoms with Crippen molar-refractivity contribution in [2.24, 2.45) is 0 Å². The van der Waals surface area contributed by atoms with E-state index < -0.39 is 6.08 Å². The number of aromatic nitrogens is 3. The summed E-state index contributed by atoms with van der Waals surface area (Å²) in [6, 6.07) is 3.30. The Hall–Kier alpha value is -2.48. The number of carbonyl (C=O) groups excluding carboxylic acids is 1. The van der Waals surface area contributed by atoms with Crippen LogP contribution in [-0.2, 0) is 0 Å². The van der Waals surface area contributed by atoms with Crippen LogP contribution in [0.5, 0.6) is 0 Å². The van der Waals surface area contributed by atoms with Gasteiger partial charge in [-0.05, 0) is 24.6 Å². The first-order valence-corrected chi connectivity index (χ1v) is 6.65. The summed E-state index contributed by atoms with van der Waals surface area (Å²) in [6.07, 6.45) is 0.779. The largest absolute Gasteiger partial charge is 0.368 e. The molecule has 1 atom stereocenters. The summed E-state index contributed by atoms with van der Waals surface area (Å²) < 4.78 is 24.6. The lowest BCUT2D eigenvalue weighted by molar-refractivity contribution is 0.0940. The lowest BCUT2D eigenvalue weighted by atomic mass is 9.94. The van der Waals surface area contributed by atoms with Crippen LogP contribution in [0.4, 0.5) is 14.7 Å². The molecule has 1 amide bonds. The number of nitrogen functional groups attached to an aromatic ring is 1. The van der Waals surface area contributed by atoms with E-state index in [0.29, 0.717) is 29.2 Å². The van der Waals surface area contributed by atoms with E-state index in [-0.39, 0.29) is 36.6 Å². The van der Waals surface area contributed by atoms with Crippen molar-refractivity contribution in [2.75, 3.05) is 12.3 Å². The third-order valence-electron chi connectivity index (χ3n) is 3.52. The van der Waals surface area contributed by atoms with E-state index in [4.69, 9.17) is 5.73 Å². The maximum absolute atomic E-state index is 12.3. The Balaban J connectivity index is 0.00000192. The van der Waals surface area contributed by atoms with Gasteiger partial charge in [0, 0.05) is 24.4 Å². The SMILES string of the molecule is Cl.Nc1nccc(-c2cc3c([nH]2)C(CC=C(F)F)CNC3=O)n1. The fourth-order valence-electron chi connectivity index (χ4n) is 2.49. The number of nitrogens with zero attached hydrogens (tertiary/aromatic N) is 2. The number of rotatable bonds is 3. The first-order chi connectivity index (χ1) is 10.5.